The first-order valence-corrected chi connectivity index (χ1v) is 5.85. The first-order chi connectivity index (χ1) is 7.36. The summed E-state index contributed by atoms with van der Waals surface area (Å²) < 4.78 is 5.11. The normalized spacial score (nSPS) is 22.9. The Hall–Kier alpha value is -0.380. The van der Waals surface area contributed by atoms with E-state index in [9.17, 15) is 0 Å². The van der Waals surface area contributed by atoms with Gasteiger partial charge in [0.1, 0.15) is 0 Å². The van der Waals surface area contributed by atoms with E-state index in [0.29, 0.717) is 12.6 Å². The Balaban J connectivity index is 2.16. The topological polar surface area (TPSA) is 41.5 Å². The van der Waals surface area contributed by atoms with Crippen molar-refractivity contribution >= 4 is 0 Å². The summed E-state index contributed by atoms with van der Waals surface area (Å²) in [5.41, 5.74) is 0. The van der Waals surface area contributed by atoms with Crippen LogP contribution in [0.3, 0.4) is 0 Å². The van der Waals surface area contributed by atoms with Crippen LogP contribution in [0.15, 0.2) is 12.2 Å². The number of nitrogens with one attached hydrogen (secondary N) is 1. The second-order valence-corrected chi connectivity index (χ2v) is 4.22. The van der Waals surface area contributed by atoms with E-state index in [1.54, 1.807) is 7.11 Å². The Labute approximate surface area is 92.5 Å². The molecule has 0 aromatic heterocycles. The molecule has 0 radical (unpaired) electrons. The lowest BCUT2D eigenvalue weighted by Crippen LogP contribution is -2.37. The van der Waals surface area contributed by atoms with E-state index in [4.69, 9.17) is 9.84 Å². The predicted molar refractivity (Wildman–Crippen MR) is 61.9 cm³/mol. The number of rotatable bonds is 7. The maximum absolute atomic E-state index is 8.89. The molecule has 0 heterocycles. The number of methoxy groups -OCH3 is 1. The number of aliphatic hydroxyl groups excluding tert-OH is 1. The zero-order valence-electron chi connectivity index (χ0n) is 9.61. The molecule has 2 atom stereocenters. The van der Waals surface area contributed by atoms with Crippen molar-refractivity contribution in [2.24, 2.45) is 5.92 Å². The minimum Gasteiger partial charge on any atom is -0.396 e. The van der Waals surface area contributed by atoms with Gasteiger partial charge in [-0.3, -0.25) is 0 Å². The highest BCUT2D eigenvalue weighted by Crippen LogP contribution is 2.17. The highest BCUT2D eigenvalue weighted by molar-refractivity contribution is 4.90. The Morgan fingerprint density at radius 2 is 2.40 bits per heavy atom. The molecule has 0 aromatic carbocycles. The number of allylic oxidation sites excluding steroid dienone is 2. The molecule has 1 aliphatic carbocycles. The highest BCUT2D eigenvalue weighted by atomic mass is 16.5. The van der Waals surface area contributed by atoms with Gasteiger partial charge in [-0.05, 0) is 38.1 Å². The zero-order valence-corrected chi connectivity index (χ0v) is 9.61. The van der Waals surface area contributed by atoms with Gasteiger partial charge in [0, 0.05) is 19.8 Å². The van der Waals surface area contributed by atoms with Gasteiger partial charge in [-0.25, -0.2) is 0 Å². The number of hydrogen-bond acceptors (Lipinski definition) is 3. The summed E-state index contributed by atoms with van der Waals surface area (Å²) in [7, 11) is 1.70. The molecular weight excluding hydrogens is 190 g/mol. The van der Waals surface area contributed by atoms with Crippen molar-refractivity contribution in [2.75, 3.05) is 26.9 Å². The summed E-state index contributed by atoms with van der Waals surface area (Å²) in [4.78, 5) is 0. The van der Waals surface area contributed by atoms with Crippen molar-refractivity contribution in [3.63, 3.8) is 0 Å². The van der Waals surface area contributed by atoms with Gasteiger partial charge in [0.2, 0.25) is 0 Å². The molecule has 88 valence electrons. The standard InChI is InChI=1S/C12H23NO2/c1-15-10-12(7-8-14)13-9-11-5-3-2-4-6-11/h2-3,11-14H,4-10H2,1H3. The lowest BCUT2D eigenvalue weighted by molar-refractivity contribution is 0.145. The Kier molecular flexibility index (Phi) is 6.64. The fourth-order valence-electron chi connectivity index (χ4n) is 1.98. The molecule has 0 bridgehead atoms. The first kappa shape index (κ1) is 12.7. The van der Waals surface area contributed by atoms with Gasteiger partial charge in [0.25, 0.3) is 0 Å². The summed E-state index contributed by atoms with van der Waals surface area (Å²) in [6, 6.07) is 0.297. The smallest absolute Gasteiger partial charge is 0.0616 e. The first-order valence-electron chi connectivity index (χ1n) is 5.85. The average molecular weight is 213 g/mol. The third-order valence-corrected chi connectivity index (χ3v) is 2.92. The second-order valence-electron chi connectivity index (χ2n) is 4.22. The van der Waals surface area contributed by atoms with Crippen LogP contribution in [0, 0.1) is 5.92 Å². The van der Waals surface area contributed by atoms with Crippen LogP contribution in [-0.4, -0.2) is 38.0 Å². The molecule has 0 fully saturated rings. The summed E-state index contributed by atoms with van der Waals surface area (Å²) in [5, 5.41) is 12.4. The van der Waals surface area contributed by atoms with E-state index in [1.807, 2.05) is 0 Å². The molecule has 1 aliphatic rings. The number of ether oxygens (including phenoxy) is 1. The lowest BCUT2D eigenvalue weighted by Gasteiger charge is -2.22. The molecule has 0 spiro atoms. The monoisotopic (exact) mass is 213 g/mol. The van der Waals surface area contributed by atoms with Gasteiger partial charge < -0.3 is 15.2 Å². The fraction of sp³-hybridized carbons (Fsp3) is 0.833. The highest BCUT2D eigenvalue weighted by Gasteiger charge is 2.12. The molecule has 15 heavy (non-hydrogen) atoms. The SMILES string of the molecule is COCC(CCO)NCC1CC=CCC1. The second kappa shape index (κ2) is 7.85. The molecule has 3 heteroatoms. The van der Waals surface area contributed by atoms with Crippen LogP contribution in [0.4, 0.5) is 0 Å². The summed E-state index contributed by atoms with van der Waals surface area (Å²) in [6.45, 7) is 1.95. The molecule has 0 aliphatic heterocycles. The van der Waals surface area contributed by atoms with Crippen LogP contribution < -0.4 is 5.32 Å². The average Bonchev–Trinajstić information content (AvgIpc) is 2.28. The molecule has 1 rings (SSSR count). The molecule has 3 nitrogen and oxygen atoms in total. The van der Waals surface area contributed by atoms with Crippen LogP contribution in [0.25, 0.3) is 0 Å². The molecular formula is C12H23NO2. The summed E-state index contributed by atoms with van der Waals surface area (Å²) >= 11 is 0. The van der Waals surface area contributed by atoms with E-state index < -0.39 is 0 Å². The molecule has 0 amide bonds. The van der Waals surface area contributed by atoms with E-state index in [-0.39, 0.29) is 6.61 Å². The van der Waals surface area contributed by atoms with Crippen molar-refractivity contribution in [2.45, 2.75) is 31.7 Å². The fourth-order valence-corrected chi connectivity index (χ4v) is 1.98. The Morgan fingerprint density at radius 3 is 3.00 bits per heavy atom. The van der Waals surface area contributed by atoms with E-state index >= 15 is 0 Å². The van der Waals surface area contributed by atoms with E-state index in [0.717, 1.165) is 18.9 Å². The van der Waals surface area contributed by atoms with Crippen molar-refractivity contribution in [3.05, 3.63) is 12.2 Å². The number of hydrogen-bond donors (Lipinski definition) is 2. The third-order valence-electron chi connectivity index (χ3n) is 2.92. The molecule has 2 unspecified atom stereocenters. The molecule has 0 aromatic rings. The van der Waals surface area contributed by atoms with Gasteiger partial charge in [0.15, 0.2) is 0 Å². The van der Waals surface area contributed by atoms with E-state index in [2.05, 4.69) is 17.5 Å². The van der Waals surface area contributed by atoms with Crippen LogP contribution >= 0.6 is 0 Å². The number of aliphatic hydroxyl groups is 1. The van der Waals surface area contributed by atoms with Gasteiger partial charge in [-0.2, -0.15) is 0 Å². The zero-order chi connectivity index (χ0) is 10.9. The predicted octanol–water partition coefficient (Wildman–Crippen LogP) is 1.33. The van der Waals surface area contributed by atoms with E-state index in [1.165, 1.54) is 19.3 Å². The maximum Gasteiger partial charge on any atom is 0.0616 e. The largest absolute Gasteiger partial charge is 0.396 e. The Morgan fingerprint density at radius 1 is 1.53 bits per heavy atom. The lowest BCUT2D eigenvalue weighted by atomic mass is 9.94. The van der Waals surface area contributed by atoms with Crippen LogP contribution in [-0.2, 0) is 4.74 Å². The van der Waals surface area contributed by atoms with Crippen LogP contribution in [0.2, 0.25) is 0 Å². The third kappa shape index (κ3) is 5.30. The quantitative estimate of drug-likeness (QED) is 0.627. The maximum atomic E-state index is 8.89. The summed E-state index contributed by atoms with van der Waals surface area (Å²) in [6.07, 6.45) is 8.98. The summed E-state index contributed by atoms with van der Waals surface area (Å²) in [5.74, 6) is 0.757. The van der Waals surface area contributed by atoms with Gasteiger partial charge >= 0.3 is 0 Å². The van der Waals surface area contributed by atoms with Crippen molar-refractivity contribution in [1.29, 1.82) is 0 Å². The molecule has 0 saturated heterocycles. The molecule has 2 N–H and O–H groups in total. The van der Waals surface area contributed by atoms with Gasteiger partial charge in [0.05, 0.1) is 6.61 Å². The van der Waals surface area contributed by atoms with Gasteiger partial charge in [-0.15, -0.1) is 0 Å². The molecule has 0 saturated carbocycles. The van der Waals surface area contributed by atoms with Crippen molar-refractivity contribution in [3.8, 4) is 0 Å². The van der Waals surface area contributed by atoms with Gasteiger partial charge in [-0.1, -0.05) is 12.2 Å². The Bertz CT molecular complexity index is 176. The van der Waals surface area contributed by atoms with Crippen molar-refractivity contribution < 1.29 is 9.84 Å². The minimum atomic E-state index is 0.228. The van der Waals surface area contributed by atoms with Crippen LogP contribution in [0.1, 0.15) is 25.7 Å². The van der Waals surface area contributed by atoms with Crippen molar-refractivity contribution in [1.82, 2.24) is 5.32 Å². The minimum absolute atomic E-state index is 0.228. The van der Waals surface area contributed by atoms with Crippen LogP contribution in [0.5, 0.6) is 0 Å².